The number of imide groups is 2. The summed E-state index contributed by atoms with van der Waals surface area (Å²) in [4.78, 5) is 68.2. The number of aliphatic carboxylic acids is 1. The Morgan fingerprint density at radius 3 is 1.51 bits per heavy atom. The van der Waals surface area contributed by atoms with E-state index in [4.69, 9.17) is 5.11 Å². The van der Waals surface area contributed by atoms with Crippen LogP contribution in [0.3, 0.4) is 0 Å². The van der Waals surface area contributed by atoms with Crippen LogP contribution in [0, 0.1) is 0 Å². The lowest BCUT2D eigenvalue weighted by Crippen LogP contribution is -2.45. The molecular weight excluding hydrogens is 544 g/mol. The van der Waals surface area contributed by atoms with Gasteiger partial charge >= 0.3 is 5.97 Å². The number of benzene rings is 5. The minimum absolute atomic E-state index is 0.0262. The Labute approximate surface area is 247 Å². The zero-order chi connectivity index (χ0) is 30.2. The minimum Gasteiger partial charge on any atom is -0.481 e. The first kappa shape index (κ1) is 27.0. The summed E-state index contributed by atoms with van der Waals surface area (Å²) in [5, 5.41) is 15.2. The molecule has 0 spiro atoms. The molecule has 0 aromatic heterocycles. The molecule has 7 rings (SSSR count). The molecule has 43 heavy (non-hydrogen) atoms. The lowest BCUT2D eigenvalue weighted by Gasteiger charge is -2.33. The van der Waals surface area contributed by atoms with E-state index in [-0.39, 0.29) is 37.2 Å². The highest BCUT2D eigenvalue weighted by Crippen LogP contribution is 2.46. The molecule has 1 atom stereocenters. The fourth-order valence-electron chi connectivity index (χ4n) is 7.15. The molecule has 5 aromatic rings. The summed E-state index contributed by atoms with van der Waals surface area (Å²) >= 11 is 0. The van der Waals surface area contributed by atoms with E-state index in [0.717, 1.165) is 62.9 Å². The average molecular weight is 575 g/mol. The van der Waals surface area contributed by atoms with E-state index in [1.807, 2.05) is 31.2 Å². The number of carboxylic acids is 1. The van der Waals surface area contributed by atoms with Crippen molar-refractivity contribution in [3.8, 4) is 0 Å². The molecule has 8 nitrogen and oxygen atoms in total. The topological polar surface area (TPSA) is 112 Å². The molecule has 0 saturated heterocycles. The number of amides is 4. The summed E-state index contributed by atoms with van der Waals surface area (Å²) in [7, 11) is 0. The number of carboxylic acid groups (broad SMARTS) is 1. The monoisotopic (exact) mass is 574 g/mol. The highest BCUT2D eigenvalue weighted by Gasteiger charge is 2.38. The zero-order valence-corrected chi connectivity index (χ0v) is 24.0. The van der Waals surface area contributed by atoms with Crippen molar-refractivity contribution in [3.63, 3.8) is 0 Å². The van der Waals surface area contributed by atoms with Crippen LogP contribution >= 0.6 is 0 Å². The van der Waals surface area contributed by atoms with Crippen LogP contribution in [0.25, 0.3) is 43.1 Å². The van der Waals surface area contributed by atoms with Crippen LogP contribution in [-0.2, 0) is 4.79 Å². The molecule has 0 saturated carbocycles. The number of carbonyl (C=O) groups excluding carboxylic acids is 4. The predicted octanol–water partition coefficient (Wildman–Crippen LogP) is 6.76. The van der Waals surface area contributed by atoms with Crippen molar-refractivity contribution in [2.45, 2.75) is 58.4 Å². The van der Waals surface area contributed by atoms with E-state index in [1.54, 1.807) is 24.3 Å². The Morgan fingerprint density at radius 1 is 0.651 bits per heavy atom. The maximum atomic E-state index is 13.8. The molecule has 2 aliphatic rings. The van der Waals surface area contributed by atoms with E-state index in [2.05, 4.69) is 6.92 Å². The molecule has 4 amide bonds. The summed E-state index contributed by atoms with van der Waals surface area (Å²) in [6, 6.07) is 14.4. The van der Waals surface area contributed by atoms with Crippen molar-refractivity contribution >= 4 is 72.7 Å². The normalized spacial score (nSPS) is 15.6. The summed E-state index contributed by atoms with van der Waals surface area (Å²) in [5.74, 6) is -2.41. The van der Waals surface area contributed by atoms with Crippen LogP contribution in [0.5, 0.6) is 0 Å². The van der Waals surface area contributed by atoms with E-state index in [1.165, 1.54) is 4.90 Å². The lowest BCUT2D eigenvalue weighted by atomic mass is 9.82. The molecule has 1 N–H and O–H groups in total. The van der Waals surface area contributed by atoms with Crippen molar-refractivity contribution in [1.82, 2.24) is 9.80 Å². The largest absolute Gasteiger partial charge is 0.481 e. The molecule has 0 radical (unpaired) electrons. The summed E-state index contributed by atoms with van der Waals surface area (Å²) in [6.45, 7) is 4.09. The molecule has 0 aliphatic carbocycles. The van der Waals surface area contributed by atoms with E-state index in [9.17, 15) is 24.0 Å². The van der Waals surface area contributed by atoms with Gasteiger partial charge in [0, 0.05) is 52.0 Å². The van der Waals surface area contributed by atoms with E-state index < -0.39 is 17.8 Å². The molecule has 1 unspecified atom stereocenters. The molecule has 0 fully saturated rings. The molecule has 216 valence electrons. The standard InChI is InChI=1S/C35H30N2O6/c1-3-4-5-7-18(2)37-34(42)25-15-11-21-19-9-13-23-30-24(33(41)36(32(23)40)17-6-8-27(38)39)14-10-20(28(19)30)22-12-16-26(35(37)43)31(25)29(21)22/h9-16,18H,3-8,17H2,1-2H3,(H,38,39). The number of rotatable bonds is 9. The second-order valence-corrected chi connectivity index (χ2v) is 11.7. The molecule has 2 aliphatic heterocycles. The third-order valence-corrected chi connectivity index (χ3v) is 9.19. The van der Waals surface area contributed by atoms with Crippen LogP contribution in [0.2, 0.25) is 0 Å². The minimum atomic E-state index is -0.979. The van der Waals surface area contributed by atoms with Crippen molar-refractivity contribution in [2.24, 2.45) is 0 Å². The second-order valence-electron chi connectivity index (χ2n) is 11.7. The Morgan fingerprint density at radius 2 is 1.09 bits per heavy atom. The first-order valence-electron chi connectivity index (χ1n) is 14.9. The van der Waals surface area contributed by atoms with Crippen LogP contribution in [0.15, 0.2) is 48.5 Å². The Bertz CT molecular complexity index is 1940. The predicted molar refractivity (Wildman–Crippen MR) is 164 cm³/mol. The molecule has 5 aromatic carbocycles. The number of unbranched alkanes of at least 4 members (excludes halogenated alkanes) is 2. The number of hydrogen-bond acceptors (Lipinski definition) is 5. The van der Waals surface area contributed by atoms with E-state index >= 15 is 0 Å². The van der Waals surface area contributed by atoms with Gasteiger partial charge in [0.1, 0.15) is 0 Å². The maximum absolute atomic E-state index is 13.8. The van der Waals surface area contributed by atoms with Crippen LogP contribution in [0.1, 0.15) is 93.8 Å². The number of carbonyl (C=O) groups is 5. The Hall–Kier alpha value is -4.85. The van der Waals surface area contributed by atoms with Gasteiger partial charge in [-0.05, 0) is 76.3 Å². The Kier molecular flexibility index (Phi) is 6.20. The van der Waals surface area contributed by atoms with Gasteiger partial charge in [-0.1, -0.05) is 50.5 Å². The summed E-state index contributed by atoms with van der Waals surface area (Å²) < 4.78 is 0. The molecular formula is C35H30N2O6. The lowest BCUT2D eigenvalue weighted by molar-refractivity contribution is -0.137. The summed E-state index contributed by atoms with van der Waals surface area (Å²) in [6.07, 6.45) is 3.86. The van der Waals surface area contributed by atoms with Crippen molar-refractivity contribution < 1.29 is 29.1 Å². The average Bonchev–Trinajstić information content (AvgIpc) is 2.99. The highest BCUT2D eigenvalue weighted by molar-refractivity contribution is 6.41. The van der Waals surface area contributed by atoms with Gasteiger partial charge in [0.05, 0.1) is 0 Å². The van der Waals surface area contributed by atoms with Gasteiger partial charge in [-0.15, -0.1) is 0 Å². The number of fused-ring (bicyclic) bond motifs is 2. The molecule has 2 heterocycles. The van der Waals surface area contributed by atoms with Gasteiger partial charge in [-0.2, -0.15) is 0 Å². The first-order valence-corrected chi connectivity index (χ1v) is 14.9. The number of hydrogen-bond donors (Lipinski definition) is 1. The van der Waals surface area contributed by atoms with Crippen LogP contribution < -0.4 is 0 Å². The SMILES string of the molecule is CCCCCC(C)N1C(=O)c2ccc3c4ccc5c6c(ccc(c7ccc(c2c37)C1=O)c64)C(=O)N(CCCC(=O)O)C5=O. The Balaban J connectivity index is 1.42. The van der Waals surface area contributed by atoms with Crippen LogP contribution in [0.4, 0.5) is 0 Å². The van der Waals surface area contributed by atoms with Gasteiger partial charge < -0.3 is 5.11 Å². The fourth-order valence-corrected chi connectivity index (χ4v) is 7.15. The van der Waals surface area contributed by atoms with Gasteiger partial charge in [0.2, 0.25) is 0 Å². The van der Waals surface area contributed by atoms with Crippen molar-refractivity contribution in [2.75, 3.05) is 6.54 Å². The smallest absolute Gasteiger partial charge is 0.303 e. The van der Waals surface area contributed by atoms with Crippen molar-refractivity contribution in [3.05, 3.63) is 70.8 Å². The molecule has 0 bridgehead atoms. The van der Waals surface area contributed by atoms with Gasteiger partial charge in [-0.3, -0.25) is 33.8 Å². The third kappa shape index (κ3) is 3.78. The van der Waals surface area contributed by atoms with Crippen molar-refractivity contribution in [1.29, 1.82) is 0 Å². The number of nitrogens with zero attached hydrogens (tertiary/aromatic N) is 2. The van der Waals surface area contributed by atoms with E-state index in [0.29, 0.717) is 33.0 Å². The van der Waals surface area contributed by atoms with Gasteiger partial charge in [-0.25, -0.2) is 0 Å². The maximum Gasteiger partial charge on any atom is 0.303 e. The van der Waals surface area contributed by atoms with Gasteiger partial charge in [0.25, 0.3) is 23.6 Å². The zero-order valence-electron chi connectivity index (χ0n) is 24.0. The highest BCUT2D eigenvalue weighted by atomic mass is 16.4. The fraction of sp³-hybridized carbons (Fsp3) is 0.286. The first-order chi connectivity index (χ1) is 20.7. The summed E-state index contributed by atoms with van der Waals surface area (Å²) in [5.41, 5.74) is 1.82. The quantitative estimate of drug-likeness (QED) is 0.0901. The third-order valence-electron chi connectivity index (χ3n) is 9.19. The van der Waals surface area contributed by atoms with Crippen LogP contribution in [-0.4, -0.2) is 57.1 Å². The van der Waals surface area contributed by atoms with Gasteiger partial charge in [0.15, 0.2) is 0 Å². The molecule has 8 heteroatoms. The second kappa shape index (κ2) is 9.87.